The highest BCUT2D eigenvalue weighted by Crippen LogP contribution is 2.20. The Kier molecular flexibility index (Phi) is 6.04. The van der Waals surface area contributed by atoms with Gasteiger partial charge in [0.2, 0.25) is 0 Å². The van der Waals surface area contributed by atoms with Crippen LogP contribution in [0.5, 0.6) is 0 Å². The van der Waals surface area contributed by atoms with Crippen LogP contribution in [-0.2, 0) is 11.3 Å². The van der Waals surface area contributed by atoms with E-state index in [9.17, 15) is 14.0 Å². The van der Waals surface area contributed by atoms with Crippen molar-refractivity contribution in [2.75, 3.05) is 18.5 Å². The molecular weight excluding hydrogens is 397 g/mol. The van der Waals surface area contributed by atoms with Crippen LogP contribution >= 0.6 is 0 Å². The number of hydrogen-bond acceptors (Lipinski definition) is 3. The zero-order chi connectivity index (χ0) is 22.0. The van der Waals surface area contributed by atoms with E-state index in [2.05, 4.69) is 10.3 Å². The maximum Gasteiger partial charge on any atom is 0.322 e. The number of carbonyl (C=O) groups excluding carboxylic acids is 1. The molecule has 1 aliphatic rings. The Balaban J connectivity index is 1.63. The number of aromatic nitrogens is 1. The molecule has 0 unspecified atom stereocenters. The van der Waals surface area contributed by atoms with Crippen molar-refractivity contribution in [1.82, 2.24) is 9.88 Å². The number of benzene rings is 2. The molecule has 2 heterocycles. The average molecular weight is 423 g/mol. The fourth-order valence-electron chi connectivity index (χ4n) is 3.86. The molecule has 1 atom stereocenters. The summed E-state index contributed by atoms with van der Waals surface area (Å²) < 4.78 is 19.7. The third-order valence-corrected chi connectivity index (χ3v) is 5.75. The van der Waals surface area contributed by atoms with Crippen molar-refractivity contribution >= 4 is 22.6 Å². The van der Waals surface area contributed by atoms with Crippen molar-refractivity contribution in [2.45, 2.75) is 39.3 Å². The van der Waals surface area contributed by atoms with Gasteiger partial charge in [-0.05, 0) is 73.5 Å². The Labute approximate surface area is 180 Å². The van der Waals surface area contributed by atoms with Crippen molar-refractivity contribution in [3.8, 4) is 0 Å². The van der Waals surface area contributed by atoms with Gasteiger partial charge in [-0.2, -0.15) is 0 Å². The number of anilines is 1. The summed E-state index contributed by atoms with van der Waals surface area (Å²) in [5.41, 5.74) is 3.31. The number of para-hydroxylation sites is 1. The summed E-state index contributed by atoms with van der Waals surface area (Å²) in [6.45, 7) is 5.09. The molecule has 6 nitrogen and oxygen atoms in total. The quantitative estimate of drug-likeness (QED) is 0.635. The molecule has 1 saturated heterocycles. The van der Waals surface area contributed by atoms with Crippen LogP contribution < -0.4 is 10.9 Å². The molecule has 162 valence electrons. The van der Waals surface area contributed by atoms with Crippen molar-refractivity contribution in [3.05, 3.63) is 75.3 Å². The third kappa shape index (κ3) is 4.77. The number of nitrogens with zero attached hydrogens (tertiary/aromatic N) is 1. The van der Waals surface area contributed by atoms with Gasteiger partial charge in [0.25, 0.3) is 5.56 Å². The van der Waals surface area contributed by atoms with Crippen LogP contribution in [0.15, 0.2) is 47.3 Å². The Bertz CT molecular complexity index is 1170. The van der Waals surface area contributed by atoms with Gasteiger partial charge in [-0.15, -0.1) is 0 Å². The van der Waals surface area contributed by atoms with E-state index < -0.39 is 11.8 Å². The average Bonchev–Trinajstić information content (AvgIpc) is 3.24. The zero-order valence-corrected chi connectivity index (χ0v) is 17.7. The number of halogens is 1. The van der Waals surface area contributed by atoms with E-state index in [0.717, 1.165) is 34.9 Å². The number of carbonyl (C=O) groups is 1. The normalized spacial score (nSPS) is 15.9. The molecule has 0 bridgehead atoms. The minimum Gasteiger partial charge on any atom is -0.376 e. The second-order valence-corrected chi connectivity index (χ2v) is 8.07. The third-order valence-electron chi connectivity index (χ3n) is 5.75. The van der Waals surface area contributed by atoms with Crippen LogP contribution in [0.1, 0.15) is 29.5 Å². The van der Waals surface area contributed by atoms with Crippen LogP contribution in [-0.4, -0.2) is 35.2 Å². The molecular formula is C24H26FN3O3. The van der Waals surface area contributed by atoms with E-state index in [1.165, 1.54) is 17.0 Å². The lowest BCUT2D eigenvalue weighted by Gasteiger charge is -2.26. The Morgan fingerprint density at radius 3 is 2.74 bits per heavy atom. The van der Waals surface area contributed by atoms with Crippen LogP contribution in [0.3, 0.4) is 0 Å². The van der Waals surface area contributed by atoms with Gasteiger partial charge >= 0.3 is 6.03 Å². The molecule has 2 amide bonds. The molecule has 0 saturated carbocycles. The summed E-state index contributed by atoms with van der Waals surface area (Å²) in [4.78, 5) is 30.2. The number of rotatable bonds is 5. The van der Waals surface area contributed by atoms with Gasteiger partial charge in [0.15, 0.2) is 0 Å². The van der Waals surface area contributed by atoms with Gasteiger partial charge in [-0.3, -0.25) is 4.79 Å². The van der Waals surface area contributed by atoms with Crippen LogP contribution in [0.4, 0.5) is 14.9 Å². The minimum atomic E-state index is -0.512. The standard InChI is InChI=1S/C24H26FN3O3/c1-15-10-17-12-18(23(29)26-22(17)11-16(15)2)13-28(14-19-6-5-9-31-19)24(30)27-21-8-4-3-7-20(21)25/h3-4,7-8,10-12,19H,5-6,9,13-14H2,1-2H3,(H,26,29)(H,27,30)/t19-/m0/s1. The molecule has 2 aromatic carbocycles. The smallest absolute Gasteiger partial charge is 0.322 e. The van der Waals surface area contributed by atoms with E-state index >= 15 is 0 Å². The molecule has 0 aliphatic carbocycles. The van der Waals surface area contributed by atoms with Gasteiger partial charge in [0, 0.05) is 24.2 Å². The number of pyridine rings is 1. The lowest BCUT2D eigenvalue weighted by Crippen LogP contribution is -2.41. The molecule has 2 N–H and O–H groups in total. The highest BCUT2D eigenvalue weighted by molar-refractivity contribution is 5.89. The first-order valence-electron chi connectivity index (χ1n) is 10.5. The number of aromatic amines is 1. The maximum absolute atomic E-state index is 14.0. The summed E-state index contributed by atoms with van der Waals surface area (Å²) in [7, 11) is 0. The lowest BCUT2D eigenvalue weighted by molar-refractivity contribution is 0.0818. The first-order chi connectivity index (χ1) is 14.9. The highest BCUT2D eigenvalue weighted by atomic mass is 19.1. The second-order valence-electron chi connectivity index (χ2n) is 8.07. The molecule has 4 rings (SSSR count). The molecule has 1 fully saturated rings. The van der Waals surface area contributed by atoms with Crippen LogP contribution in [0.2, 0.25) is 0 Å². The lowest BCUT2D eigenvalue weighted by atomic mass is 10.0. The molecule has 1 aliphatic heterocycles. The van der Waals surface area contributed by atoms with E-state index in [1.807, 2.05) is 32.0 Å². The maximum atomic E-state index is 14.0. The fourth-order valence-corrected chi connectivity index (χ4v) is 3.86. The van der Waals surface area contributed by atoms with Gasteiger partial charge in [-0.25, -0.2) is 9.18 Å². The predicted octanol–water partition coefficient (Wildman–Crippen LogP) is 4.50. The zero-order valence-electron chi connectivity index (χ0n) is 17.7. The number of amides is 2. The Hall–Kier alpha value is -3.19. The molecule has 0 radical (unpaired) electrons. The monoisotopic (exact) mass is 423 g/mol. The minimum absolute atomic E-state index is 0.0956. The van der Waals surface area contributed by atoms with Crippen LogP contribution in [0, 0.1) is 19.7 Å². The van der Waals surface area contributed by atoms with E-state index in [4.69, 9.17) is 4.74 Å². The first-order valence-corrected chi connectivity index (χ1v) is 10.5. The Morgan fingerprint density at radius 1 is 1.23 bits per heavy atom. The van der Waals surface area contributed by atoms with Crippen molar-refractivity contribution in [2.24, 2.45) is 0 Å². The van der Waals surface area contributed by atoms with E-state index in [-0.39, 0.29) is 23.9 Å². The summed E-state index contributed by atoms with van der Waals surface area (Å²) in [5, 5.41) is 3.53. The summed E-state index contributed by atoms with van der Waals surface area (Å²) in [5.74, 6) is -0.512. The second kappa shape index (κ2) is 8.89. The number of nitrogens with one attached hydrogen (secondary N) is 2. The van der Waals surface area contributed by atoms with Gasteiger partial charge in [0.1, 0.15) is 5.82 Å². The van der Waals surface area contributed by atoms with Crippen LogP contribution in [0.25, 0.3) is 10.9 Å². The number of urea groups is 1. The summed E-state index contributed by atoms with van der Waals surface area (Å²) >= 11 is 0. The number of hydrogen-bond donors (Lipinski definition) is 2. The fraction of sp³-hybridized carbons (Fsp3) is 0.333. The van der Waals surface area contributed by atoms with Crippen molar-refractivity contribution in [1.29, 1.82) is 0 Å². The molecule has 7 heteroatoms. The predicted molar refractivity (Wildman–Crippen MR) is 119 cm³/mol. The molecule has 31 heavy (non-hydrogen) atoms. The Morgan fingerprint density at radius 2 is 2.00 bits per heavy atom. The number of H-pyrrole nitrogens is 1. The van der Waals surface area contributed by atoms with Crippen molar-refractivity contribution in [3.63, 3.8) is 0 Å². The summed E-state index contributed by atoms with van der Waals surface area (Å²) in [6.07, 6.45) is 1.68. The van der Waals surface area contributed by atoms with Gasteiger partial charge in [-0.1, -0.05) is 12.1 Å². The number of ether oxygens (including phenoxy) is 1. The van der Waals surface area contributed by atoms with E-state index in [1.54, 1.807) is 12.1 Å². The largest absolute Gasteiger partial charge is 0.376 e. The van der Waals surface area contributed by atoms with Gasteiger partial charge in [0.05, 0.1) is 18.3 Å². The van der Waals surface area contributed by atoms with Gasteiger partial charge < -0.3 is 19.9 Å². The molecule has 1 aromatic heterocycles. The molecule has 3 aromatic rings. The topological polar surface area (TPSA) is 74.4 Å². The SMILES string of the molecule is Cc1cc2cc(CN(C[C@@H]3CCCO3)C(=O)Nc3ccccc3F)c(=O)[nH]c2cc1C. The summed E-state index contributed by atoms with van der Waals surface area (Å²) in [6, 6.07) is 11.3. The number of aryl methyl sites for hydroxylation is 2. The van der Waals surface area contributed by atoms with Crippen molar-refractivity contribution < 1.29 is 13.9 Å². The van der Waals surface area contributed by atoms with E-state index in [0.29, 0.717) is 18.7 Å². The highest BCUT2D eigenvalue weighted by Gasteiger charge is 2.24. The number of fused-ring (bicyclic) bond motifs is 1. The first kappa shape index (κ1) is 21.1. The molecule has 0 spiro atoms.